The van der Waals surface area contributed by atoms with Crippen LogP contribution < -0.4 is 16.4 Å². The van der Waals surface area contributed by atoms with E-state index in [1.807, 2.05) is 0 Å². The van der Waals surface area contributed by atoms with Gasteiger partial charge in [0, 0.05) is 7.05 Å². The summed E-state index contributed by atoms with van der Waals surface area (Å²) in [6, 6.07) is 3.80. The Labute approximate surface area is 117 Å². The second-order valence-electron chi connectivity index (χ2n) is 3.77. The van der Waals surface area contributed by atoms with Crippen LogP contribution in [0.15, 0.2) is 29.2 Å². The standard InChI is InChI=1S/C11H9Cl2FN4O/c1-17(15)9-5-16-18(11(19)10(9)13)6-2-3-8(14)7(12)4-6/h2-5H,15H2,1H3. The van der Waals surface area contributed by atoms with Crippen LogP contribution in [0.2, 0.25) is 10.0 Å². The zero-order valence-corrected chi connectivity index (χ0v) is 11.3. The highest BCUT2D eigenvalue weighted by atomic mass is 35.5. The Balaban J connectivity index is 2.61. The highest BCUT2D eigenvalue weighted by molar-refractivity contribution is 6.33. The first kappa shape index (κ1) is 13.8. The first-order valence-electron chi connectivity index (χ1n) is 5.13. The first-order valence-corrected chi connectivity index (χ1v) is 5.89. The van der Waals surface area contributed by atoms with Crippen molar-refractivity contribution in [2.75, 3.05) is 12.1 Å². The fourth-order valence-corrected chi connectivity index (χ4v) is 1.91. The zero-order valence-electron chi connectivity index (χ0n) is 9.77. The molecule has 0 atom stereocenters. The van der Waals surface area contributed by atoms with Crippen molar-refractivity contribution in [2.45, 2.75) is 0 Å². The van der Waals surface area contributed by atoms with Crippen molar-refractivity contribution in [3.8, 4) is 5.69 Å². The first-order chi connectivity index (χ1) is 8.91. The summed E-state index contributed by atoms with van der Waals surface area (Å²) in [5, 5.41) is 4.91. The second kappa shape index (κ2) is 5.16. The van der Waals surface area contributed by atoms with Gasteiger partial charge in [-0.15, -0.1) is 0 Å². The molecule has 0 fully saturated rings. The molecule has 0 spiro atoms. The van der Waals surface area contributed by atoms with Gasteiger partial charge in [0.15, 0.2) is 0 Å². The summed E-state index contributed by atoms with van der Waals surface area (Å²) in [4.78, 5) is 12.0. The maximum atomic E-state index is 13.1. The van der Waals surface area contributed by atoms with Gasteiger partial charge in [0.2, 0.25) is 0 Å². The van der Waals surface area contributed by atoms with Gasteiger partial charge in [0.05, 0.1) is 22.6 Å². The molecule has 0 amide bonds. The topological polar surface area (TPSA) is 64.2 Å². The smallest absolute Gasteiger partial charge is 0.292 e. The van der Waals surface area contributed by atoms with E-state index in [1.165, 1.54) is 30.4 Å². The van der Waals surface area contributed by atoms with Gasteiger partial charge in [0.25, 0.3) is 5.56 Å². The number of hydrazine groups is 1. The summed E-state index contributed by atoms with van der Waals surface area (Å²) < 4.78 is 14.1. The largest absolute Gasteiger partial charge is 0.311 e. The Kier molecular flexibility index (Phi) is 3.75. The zero-order chi connectivity index (χ0) is 14.2. The number of benzene rings is 1. The molecular formula is C11H9Cl2FN4O. The summed E-state index contributed by atoms with van der Waals surface area (Å²) in [7, 11) is 1.53. The van der Waals surface area contributed by atoms with Crippen molar-refractivity contribution in [3.63, 3.8) is 0 Å². The van der Waals surface area contributed by atoms with E-state index < -0.39 is 11.4 Å². The van der Waals surface area contributed by atoms with Gasteiger partial charge in [-0.05, 0) is 18.2 Å². The predicted octanol–water partition coefficient (Wildman–Crippen LogP) is 1.99. The molecule has 19 heavy (non-hydrogen) atoms. The van der Waals surface area contributed by atoms with Gasteiger partial charge in [-0.3, -0.25) is 4.79 Å². The average molecular weight is 303 g/mol. The molecule has 0 aliphatic rings. The number of nitrogens with two attached hydrogens (primary N) is 1. The van der Waals surface area contributed by atoms with Crippen molar-refractivity contribution >= 4 is 28.9 Å². The fraction of sp³-hybridized carbons (Fsp3) is 0.0909. The molecule has 0 unspecified atom stereocenters. The lowest BCUT2D eigenvalue weighted by molar-refractivity contribution is 0.627. The molecular weight excluding hydrogens is 294 g/mol. The second-order valence-corrected chi connectivity index (χ2v) is 4.56. The number of halogens is 3. The van der Waals surface area contributed by atoms with Crippen LogP contribution in [0.25, 0.3) is 5.69 Å². The molecule has 1 aromatic carbocycles. The Morgan fingerprint density at radius 1 is 1.42 bits per heavy atom. The van der Waals surface area contributed by atoms with Crippen LogP contribution in [0, 0.1) is 5.82 Å². The summed E-state index contributed by atoms with van der Waals surface area (Å²) in [5.41, 5.74) is 0.0276. The SMILES string of the molecule is CN(N)c1cnn(-c2ccc(F)c(Cl)c2)c(=O)c1Cl. The van der Waals surface area contributed by atoms with Crippen LogP contribution in [0.3, 0.4) is 0 Å². The summed E-state index contributed by atoms with van der Waals surface area (Å²) in [6.07, 6.45) is 1.33. The monoisotopic (exact) mass is 302 g/mol. The Morgan fingerprint density at radius 2 is 2.11 bits per heavy atom. The molecule has 8 heteroatoms. The molecule has 2 aromatic rings. The van der Waals surface area contributed by atoms with Gasteiger partial charge < -0.3 is 5.01 Å². The molecule has 5 nitrogen and oxygen atoms in total. The van der Waals surface area contributed by atoms with E-state index in [0.717, 1.165) is 10.7 Å². The number of anilines is 1. The lowest BCUT2D eigenvalue weighted by Gasteiger charge is -2.14. The molecule has 0 aliphatic heterocycles. The van der Waals surface area contributed by atoms with Crippen LogP contribution >= 0.6 is 23.2 Å². The van der Waals surface area contributed by atoms with E-state index in [1.54, 1.807) is 0 Å². The van der Waals surface area contributed by atoms with Gasteiger partial charge in [0.1, 0.15) is 10.8 Å². The van der Waals surface area contributed by atoms with E-state index in [9.17, 15) is 9.18 Å². The van der Waals surface area contributed by atoms with Crippen LogP contribution in [0.5, 0.6) is 0 Å². The minimum absolute atomic E-state index is 0.0829. The predicted molar refractivity (Wildman–Crippen MR) is 72.4 cm³/mol. The molecule has 0 saturated heterocycles. The third-order valence-corrected chi connectivity index (χ3v) is 3.07. The van der Waals surface area contributed by atoms with Gasteiger partial charge in [-0.1, -0.05) is 23.2 Å². The van der Waals surface area contributed by atoms with Crippen molar-refractivity contribution in [1.82, 2.24) is 9.78 Å². The highest BCUT2D eigenvalue weighted by Gasteiger charge is 2.13. The third-order valence-electron chi connectivity index (χ3n) is 2.43. The van der Waals surface area contributed by atoms with Crippen LogP contribution in [-0.4, -0.2) is 16.8 Å². The number of aromatic nitrogens is 2. The molecule has 2 N–H and O–H groups in total. The number of hydrogen-bond acceptors (Lipinski definition) is 4. The third kappa shape index (κ3) is 2.56. The molecule has 2 rings (SSSR count). The summed E-state index contributed by atoms with van der Waals surface area (Å²) in [6.45, 7) is 0. The molecule has 0 saturated carbocycles. The number of rotatable bonds is 2. The van der Waals surface area contributed by atoms with Crippen LogP contribution in [0.4, 0.5) is 10.1 Å². The number of nitrogens with zero attached hydrogens (tertiary/aromatic N) is 3. The van der Waals surface area contributed by atoms with E-state index in [2.05, 4.69) is 5.10 Å². The van der Waals surface area contributed by atoms with Gasteiger partial charge in [-0.25, -0.2) is 10.2 Å². The molecule has 1 heterocycles. The maximum Gasteiger partial charge on any atom is 0.292 e. The van der Waals surface area contributed by atoms with Crippen LogP contribution in [0.1, 0.15) is 0 Å². The van der Waals surface area contributed by atoms with Gasteiger partial charge >= 0.3 is 0 Å². The van der Waals surface area contributed by atoms with Crippen molar-refractivity contribution < 1.29 is 4.39 Å². The van der Waals surface area contributed by atoms with E-state index in [0.29, 0.717) is 5.69 Å². The van der Waals surface area contributed by atoms with Crippen molar-refractivity contribution in [2.24, 2.45) is 5.84 Å². The average Bonchev–Trinajstić information content (AvgIpc) is 2.36. The van der Waals surface area contributed by atoms with Crippen LogP contribution in [-0.2, 0) is 0 Å². The van der Waals surface area contributed by atoms with Crippen molar-refractivity contribution in [3.05, 3.63) is 50.6 Å². The minimum atomic E-state index is -0.581. The summed E-state index contributed by atoms with van der Waals surface area (Å²) in [5.74, 6) is 4.93. The fourth-order valence-electron chi connectivity index (χ4n) is 1.47. The van der Waals surface area contributed by atoms with E-state index >= 15 is 0 Å². The van der Waals surface area contributed by atoms with Crippen molar-refractivity contribution in [1.29, 1.82) is 0 Å². The lowest BCUT2D eigenvalue weighted by Crippen LogP contribution is -2.30. The normalized spacial score (nSPS) is 10.6. The van der Waals surface area contributed by atoms with E-state index in [-0.39, 0.29) is 15.7 Å². The van der Waals surface area contributed by atoms with E-state index in [4.69, 9.17) is 29.0 Å². The molecule has 100 valence electrons. The highest BCUT2D eigenvalue weighted by Crippen LogP contribution is 2.20. The molecule has 0 bridgehead atoms. The molecule has 0 radical (unpaired) electrons. The van der Waals surface area contributed by atoms with Gasteiger partial charge in [-0.2, -0.15) is 9.78 Å². The molecule has 1 aromatic heterocycles. The molecule has 0 aliphatic carbocycles. The maximum absolute atomic E-state index is 13.1. The quantitative estimate of drug-likeness (QED) is 0.680. The number of hydrogen-bond donors (Lipinski definition) is 1. The Bertz CT molecular complexity index is 687. The summed E-state index contributed by atoms with van der Waals surface area (Å²) >= 11 is 11.6. The Hall–Kier alpha value is -1.63. The Morgan fingerprint density at radius 3 is 2.68 bits per heavy atom. The lowest BCUT2D eigenvalue weighted by atomic mass is 10.3. The minimum Gasteiger partial charge on any atom is -0.311 e.